The van der Waals surface area contributed by atoms with Crippen LogP contribution >= 0.6 is 0 Å². The van der Waals surface area contributed by atoms with Gasteiger partial charge in [0.2, 0.25) is 0 Å². The number of hydrogen-bond donors (Lipinski definition) is 2. The maximum atomic E-state index is 11.6. The topological polar surface area (TPSA) is 58.7 Å². The van der Waals surface area contributed by atoms with Crippen molar-refractivity contribution in [3.63, 3.8) is 0 Å². The minimum absolute atomic E-state index is 0.128. The second-order valence-corrected chi connectivity index (χ2v) is 8.84. The second-order valence-electron chi connectivity index (χ2n) is 8.84. The van der Waals surface area contributed by atoms with E-state index >= 15 is 0 Å². The molecule has 0 radical (unpaired) electrons. The summed E-state index contributed by atoms with van der Waals surface area (Å²) in [6.45, 7) is 2.97. The maximum Gasteiger partial charge on any atom is 0.127 e. The van der Waals surface area contributed by atoms with E-state index in [0.29, 0.717) is 6.04 Å². The minimum Gasteiger partial charge on any atom is -0.457 e. The lowest BCUT2D eigenvalue weighted by Gasteiger charge is -2.43. The monoisotopic (exact) mass is 394 g/mol. The molecule has 1 atom stereocenters. The molecule has 1 saturated heterocycles. The Morgan fingerprint density at radius 1 is 0.931 bits per heavy atom. The van der Waals surface area contributed by atoms with Crippen LogP contribution in [-0.2, 0) is 0 Å². The van der Waals surface area contributed by atoms with Crippen LogP contribution in [0.25, 0.3) is 0 Å². The first-order chi connectivity index (χ1) is 14.1. The van der Waals surface area contributed by atoms with Gasteiger partial charge in [0, 0.05) is 18.5 Å². The molecule has 1 saturated carbocycles. The number of benzene rings is 2. The summed E-state index contributed by atoms with van der Waals surface area (Å²) < 4.78 is 5.96. The highest BCUT2D eigenvalue weighted by atomic mass is 16.5. The number of piperidine rings is 1. The fraction of sp³-hybridized carbons (Fsp3) is 0.520. The van der Waals surface area contributed by atoms with Crippen molar-refractivity contribution in [1.29, 1.82) is 0 Å². The Morgan fingerprint density at radius 2 is 1.55 bits per heavy atom. The molecule has 1 unspecified atom stereocenters. The third kappa shape index (κ3) is 5.19. The third-order valence-corrected chi connectivity index (χ3v) is 6.70. The van der Waals surface area contributed by atoms with E-state index in [0.717, 1.165) is 69.7 Å². The Morgan fingerprint density at radius 3 is 2.21 bits per heavy atom. The molecule has 2 fully saturated rings. The number of ether oxygens (including phenoxy) is 1. The van der Waals surface area contributed by atoms with Crippen LogP contribution in [-0.4, -0.2) is 41.3 Å². The van der Waals surface area contributed by atoms with Crippen molar-refractivity contribution in [2.75, 3.05) is 19.6 Å². The number of para-hydroxylation sites is 1. The molecule has 4 rings (SSSR count). The van der Waals surface area contributed by atoms with E-state index in [4.69, 9.17) is 10.5 Å². The van der Waals surface area contributed by atoms with E-state index < -0.39 is 5.60 Å². The lowest BCUT2D eigenvalue weighted by molar-refractivity contribution is -0.0324. The van der Waals surface area contributed by atoms with Gasteiger partial charge in [-0.25, -0.2) is 0 Å². The molecule has 0 spiro atoms. The van der Waals surface area contributed by atoms with E-state index in [-0.39, 0.29) is 5.92 Å². The SMILES string of the molecule is NC1CCN(CC(c2ccc(Oc3ccccc3)cc2)C2(O)CCCCC2)CC1. The summed E-state index contributed by atoms with van der Waals surface area (Å²) in [4.78, 5) is 2.50. The number of hydrogen-bond acceptors (Lipinski definition) is 4. The normalized spacial score (nSPS) is 21.6. The van der Waals surface area contributed by atoms with E-state index in [1.807, 2.05) is 42.5 Å². The van der Waals surface area contributed by atoms with Crippen molar-refractivity contribution in [3.8, 4) is 11.5 Å². The zero-order valence-corrected chi connectivity index (χ0v) is 17.3. The largest absolute Gasteiger partial charge is 0.457 e. The van der Waals surface area contributed by atoms with E-state index in [2.05, 4.69) is 17.0 Å². The van der Waals surface area contributed by atoms with E-state index in [9.17, 15) is 5.11 Å². The number of aliphatic hydroxyl groups is 1. The van der Waals surface area contributed by atoms with Gasteiger partial charge in [-0.2, -0.15) is 0 Å². The molecule has 2 aromatic carbocycles. The van der Waals surface area contributed by atoms with Gasteiger partial charge in [0.15, 0.2) is 0 Å². The zero-order valence-electron chi connectivity index (χ0n) is 17.3. The summed E-state index contributed by atoms with van der Waals surface area (Å²) in [6.07, 6.45) is 7.36. The fourth-order valence-electron chi connectivity index (χ4n) is 4.88. The van der Waals surface area contributed by atoms with Crippen LogP contribution in [0, 0.1) is 0 Å². The van der Waals surface area contributed by atoms with E-state index in [1.54, 1.807) is 0 Å². The van der Waals surface area contributed by atoms with Crippen molar-refractivity contribution in [2.45, 2.75) is 62.5 Å². The van der Waals surface area contributed by atoms with Gasteiger partial charge < -0.3 is 20.5 Å². The van der Waals surface area contributed by atoms with Gasteiger partial charge in [0.05, 0.1) is 5.60 Å². The van der Waals surface area contributed by atoms with Crippen molar-refractivity contribution >= 4 is 0 Å². The van der Waals surface area contributed by atoms with Gasteiger partial charge in [-0.05, 0) is 68.6 Å². The average molecular weight is 395 g/mol. The summed E-state index contributed by atoms with van der Waals surface area (Å²) in [6, 6.07) is 18.5. The second kappa shape index (κ2) is 9.29. The van der Waals surface area contributed by atoms with Crippen molar-refractivity contribution in [1.82, 2.24) is 4.90 Å². The minimum atomic E-state index is -0.611. The average Bonchev–Trinajstić information content (AvgIpc) is 2.75. The Bertz CT molecular complexity index is 748. The molecule has 0 bridgehead atoms. The van der Waals surface area contributed by atoms with Gasteiger partial charge in [0.25, 0.3) is 0 Å². The molecule has 1 aliphatic carbocycles. The molecule has 4 nitrogen and oxygen atoms in total. The van der Waals surface area contributed by atoms with Crippen LogP contribution in [0.1, 0.15) is 56.4 Å². The molecule has 0 aromatic heterocycles. The predicted molar refractivity (Wildman–Crippen MR) is 117 cm³/mol. The summed E-state index contributed by atoms with van der Waals surface area (Å²) in [5.74, 6) is 1.80. The lowest BCUT2D eigenvalue weighted by atomic mass is 9.72. The standard InChI is InChI=1S/C25H34N2O2/c26-21-13-17-27(18-14-21)19-24(25(28)15-5-2-6-16-25)20-9-11-23(12-10-20)29-22-7-3-1-4-8-22/h1,3-4,7-12,21,24,28H,2,5-6,13-19,26H2. The summed E-state index contributed by atoms with van der Waals surface area (Å²) in [5, 5.41) is 11.6. The number of nitrogens with two attached hydrogens (primary N) is 1. The lowest BCUT2D eigenvalue weighted by Crippen LogP contribution is -2.47. The number of nitrogens with zero attached hydrogens (tertiary/aromatic N) is 1. The number of likely N-dealkylation sites (tertiary alicyclic amines) is 1. The first kappa shape index (κ1) is 20.4. The van der Waals surface area contributed by atoms with Crippen molar-refractivity contribution < 1.29 is 9.84 Å². The maximum absolute atomic E-state index is 11.6. The molecule has 2 aliphatic rings. The van der Waals surface area contributed by atoms with Gasteiger partial charge in [0.1, 0.15) is 11.5 Å². The van der Waals surface area contributed by atoms with Crippen LogP contribution in [0.5, 0.6) is 11.5 Å². The molecule has 29 heavy (non-hydrogen) atoms. The van der Waals surface area contributed by atoms with Crippen LogP contribution < -0.4 is 10.5 Å². The molecule has 0 amide bonds. The zero-order chi connectivity index (χ0) is 20.1. The van der Waals surface area contributed by atoms with Crippen LogP contribution in [0.3, 0.4) is 0 Å². The first-order valence-electron chi connectivity index (χ1n) is 11.2. The molecule has 4 heteroatoms. The van der Waals surface area contributed by atoms with Crippen molar-refractivity contribution in [3.05, 3.63) is 60.2 Å². The summed E-state index contributed by atoms with van der Waals surface area (Å²) >= 11 is 0. The molecule has 1 heterocycles. The fourth-order valence-corrected chi connectivity index (χ4v) is 4.88. The Labute approximate surface area is 174 Å². The Hall–Kier alpha value is -1.88. The Kier molecular flexibility index (Phi) is 6.53. The Balaban J connectivity index is 1.52. The van der Waals surface area contributed by atoms with Gasteiger partial charge in [-0.3, -0.25) is 0 Å². The molecule has 156 valence electrons. The molecular weight excluding hydrogens is 360 g/mol. The smallest absolute Gasteiger partial charge is 0.127 e. The van der Waals surface area contributed by atoms with E-state index in [1.165, 1.54) is 12.0 Å². The molecule has 3 N–H and O–H groups in total. The molecule has 2 aromatic rings. The highest BCUT2D eigenvalue weighted by Crippen LogP contribution is 2.41. The molecular formula is C25H34N2O2. The van der Waals surface area contributed by atoms with Crippen LogP contribution in [0.15, 0.2) is 54.6 Å². The van der Waals surface area contributed by atoms with Gasteiger partial charge in [-0.15, -0.1) is 0 Å². The van der Waals surface area contributed by atoms with Gasteiger partial charge >= 0.3 is 0 Å². The highest BCUT2D eigenvalue weighted by Gasteiger charge is 2.39. The third-order valence-electron chi connectivity index (χ3n) is 6.70. The van der Waals surface area contributed by atoms with Crippen LogP contribution in [0.4, 0.5) is 0 Å². The molecule has 1 aliphatic heterocycles. The van der Waals surface area contributed by atoms with Gasteiger partial charge in [-0.1, -0.05) is 49.6 Å². The summed E-state index contributed by atoms with van der Waals surface area (Å²) in [5.41, 5.74) is 6.70. The number of rotatable bonds is 6. The summed E-state index contributed by atoms with van der Waals surface area (Å²) in [7, 11) is 0. The van der Waals surface area contributed by atoms with Crippen LogP contribution in [0.2, 0.25) is 0 Å². The highest BCUT2D eigenvalue weighted by molar-refractivity contribution is 5.35. The first-order valence-corrected chi connectivity index (χ1v) is 11.2. The van der Waals surface area contributed by atoms with Crippen molar-refractivity contribution in [2.24, 2.45) is 5.73 Å². The quantitative estimate of drug-likeness (QED) is 0.747. The predicted octanol–water partition coefficient (Wildman–Crippen LogP) is 4.68.